The van der Waals surface area contributed by atoms with Crippen molar-refractivity contribution in [2.24, 2.45) is 5.92 Å². The number of pyridine rings is 1. The van der Waals surface area contributed by atoms with Gasteiger partial charge in [0.05, 0.1) is 17.9 Å². The lowest BCUT2D eigenvalue weighted by molar-refractivity contribution is -0.146. The lowest BCUT2D eigenvalue weighted by Gasteiger charge is -2.45. The molecule has 4 rings (SSSR count). The van der Waals surface area contributed by atoms with E-state index in [2.05, 4.69) is 29.5 Å². The molecule has 0 unspecified atom stereocenters. The smallest absolute Gasteiger partial charge is 0.410 e. The number of rotatable bonds is 11. The fourth-order valence-electron chi connectivity index (χ4n) is 6.15. The minimum atomic E-state index is -4.55. The number of hydrogen-bond donors (Lipinski definition) is 0. The molecule has 0 bridgehead atoms. The van der Waals surface area contributed by atoms with Crippen molar-refractivity contribution in [3.63, 3.8) is 0 Å². The molecule has 0 N–H and O–H groups in total. The number of fused-ring (bicyclic) bond motifs is 3. The Morgan fingerprint density at radius 3 is 2.33 bits per heavy atom. The van der Waals surface area contributed by atoms with Crippen LogP contribution in [0.1, 0.15) is 56.8 Å². The van der Waals surface area contributed by atoms with Crippen molar-refractivity contribution in [2.75, 3.05) is 51.9 Å². The summed E-state index contributed by atoms with van der Waals surface area (Å²) >= 11 is 0. The highest BCUT2D eigenvalue weighted by Crippen LogP contribution is 2.40. The summed E-state index contributed by atoms with van der Waals surface area (Å²) in [4.78, 5) is 49.7. The summed E-state index contributed by atoms with van der Waals surface area (Å²) in [6, 6.07) is 2.92. The normalized spacial score (nSPS) is 19.0. The third-order valence-corrected chi connectivity index (χ3v) is 10.4. The predicted octanol–water partition coefficient (Wildman–Crippen LogP) is 6.01. The van der Waals surface area contributed by atoms with Crippen LogP contribution in [-0.4, -0.2) is 115 Å². The van der Waals surface area contributed by atoms with Gasteiger partial charge >= 0.3 is 12.3 Å². The second kappa shape index (κ2) is 14.6. The van der Waals surface area contributed by atoms with Gasteiger partial charge in [-0.25, -0.2) is 9.78 Å². The zero-order valence-corrected chi connectivity index (χ0v) is 30.5. The Bertz CT molecular complexity index is 1460. The van der Waals surface area contributed by atoms with Crippen LogP contribution in [0, 0.1) is 5.92 Å². The molecule has 3 heterocycles. The van der Waals surface area contributed by atoms with Gasteiger partial charge in [0.25, 0.3) is 5.91 Å². The highest BCUT2D eigenvalue weighted by molar-refractivity contribution is 6.76. The van der Waals surface area contributed by atoms with Crippen LogP contribution in [0.5, 0.6) is 0 Å². The van der Waals surface area contributed by atoms with E-state index in [1.165, 1.54) is 9.80 Å². The Hall–Kier alpha value is -3.33. The number of carbonyl (C=O) groups excluding carboxylic acids is 3. The molecule has 2 aromatic heterocycles. The van der Waals surface area contributed by atoms with Crippen LogP contribution in [0.2, 0.25) is 25.7 Å². The van der Waals surface area contributed by atoms with Crippen LogP contribution in [0.25, 0.3) is 11.0 Å². The molecule has 48 heavy (non-hydrogen) atoms. The second-order valence-electron chi connectivity index (χ2n) is 15.4. The maximum Gasteiger partial charge on any atom is 0.410 e. The number of alkyl halides is 3. The van der Waals surface area contributed by atoms with Gasteiger partial charge in [0.15, 0.2) is 0 Å². The summed E-state index contributed by atoms with van der Waals surface area (Å²) in [6.07, 6.45) is 0.366. The average molecular weight is 697 g/mol. The summed E-state index contributed by atoms with van der Waals surface area (Å²) in [5.41, 5.74) is 0.916. The monoisotopic (exact) mass is 696 g/mol. The number of likely N-dealkylation sites (N-methyl/N-ethyl adjacent to an activating group) is 1. The largest absolute Gasteiger partial charge is 0.444 e. The summed E-state index contributed by atoms with van der Waals surface area (Å²) in [5.74, 6) is -0.642. The van der Waals surface area contributed by atoms with Gasteiger partial charge in [-0.3, -0.25) is 14.5 Å². The second-order valence-corrected chi connectivity index (χ2v) is 21.1. The van der Waals surface area contributed by atoms with Crippen molar-refractivity contribution in [3.8, 4) is 0 Å². The number of aromatic nitrogens is 2. The molecular weight excluding hydrogens is 645 g/mol. The lowest BCUT2D eigenvalue weighted by atomic mass is 9.84. The first-order valence-corrected chi connectivity index (χ1v) is 20.3. The van der Waals surface area contributed by atoms with Gasteiger partial charge in [0.2, 0.25) is 5.91 Å². The molecule has 1 aliphatic carbocycles. The molecule has 0 radical (unpaired) electrons. The first-order chi connectivity index (χ1) is 22.2. The van der Waals surface area contributed by atoms with E-state index >= 15 is 0 Å². The van der Waals surface area contributed by atoms with Crippen molar-refractivity contribution in [1.29, 1.82) is 0 Å². The highest BCUT2D eigenvalue weighted by Gasteiger charge is 2.40. The Morgan fingerprint density at radius 1 is 1.08 bits per heavy atom. The molecule has 0 aromatic carbocycles. The van der Waals surface area contributed by atoms with Crippen LogP contribution < -0.4 is 4.90 Å². The van der Waals surface area contributed by atoms with Gasteiger partial charge < -0.3 is 28.7 Å². The molecule has 3 amide bonds. The average Bonchev–Trinajstić information content (AvgIpc) is 3.37. The van der Waals surface area contributed by atoms with Gasteiger partial charge in [-0.15, -0.1) is 0 Å². The molecule has 0 atom stereocenters. The minimum absolute atomic E-state index is 0.0513. The SMILES string of the molecule is CN(C)C(=O)CN1CN([C@H]2CC[C@H](CN(CC(F)(F)F)C(=O)OC(C)(C)C)CC2)c2c(cnc3c2ccn3COCC[Si](C)(C)C)C1=O. The van der Waals surface area contributed by atoms with Gasteiger partial charge in [0, 0.05) is 59.1 Å². The number of hydrogen-bond acceptors (Lipinski definition) is 7. The van der Waals surface area contributed by atoms with Gasteiger partial charge in [0.1, 0.15) is 31.1 Å². The van der Waals surface area contributed by atoms with E-state index < -0.39 is 32.5 Å². The summed E-state index contributed by atoms with van der Waals surface area (Å²) in [6.45, 7) is 11.4. The van der Waals surface area contributed by atoms with E-state index in [4.69, 9.17) is 9.47 Å². The highest BCUT2D eigenvalue weighted by atomic mass is 28.3. The quantitative estimate of drug-likeness (QED) is 0.210. The van der Waals surface area contributed by atoms with E-state index in [9.17, 15) is 27.6 Å². The van der Waals surface area contributed by atoms with E-state index in [0.29, 0.717) is 50.2 Å². The fraction of sp³-hybridized carbons (Fsp3) is 0.697. The van der Waals surface area contributed by atoms with Crippen LogP contribution in [0.15, 0.2) is 18.5 Å². The van der Waals surface area contributed by atoms with Crippen LogP contribution in [-0.2, 0) is 21.0 Å². The molecule has 2 aliphatic rings. The van der Waals surface area contributed by atoms with E-state index in [1.807, 2.05) is 16.8 Å². The molecule has 0 spiro atoms. The lowest BCUT2D eigenvalue weighted by Crippen LogP contribution is -2.54. The van der Waals surface area contributed by atoms with Gasteiger partial charge in [-0.2, -0.15) is 13.2 Å². The molecule has 1 fully saturated rings. The standard InChI is InChI=1S/C33H51F3N6O5Si/c1-32(2,3)47-31(45)40(20-33(34,35)36)18-23-9-11-24(12-10-23)42-21-41(19-27(43)38(4)5)30(44)26-17-37-29-25(28(26)42)13-14-39(29)22-46-15-16-48(6,7)8/h13-14,17,23-24H,9-12,15-16,18-22H2,1-8H3/t23-,24-. The summed E-state index contributed by atoms with van der Waals surface area (Å²) in [5, 5.41) is 0.802. The molecule has 0 saturated heterocycles. The van der Waals surface area contributed by atoms with Gasteiger partial charge in [-0.05, 0) is 64.5 Å². The molecule has 15 heteroatoms. The number of carbonyl (C=O) groups is 3. The number of nitrogens with zero attached hydrogens (tertiary/aromatic N) is 6. The Kier molecular flexibility index (Phi) is 11.4. The number of amides is 3. The number of ether oxygens (including phenoxy) is 2. The van der Waals surface area contributed by atoms with Crippen LogP contribution in [0.3, 0.4) is 0 Å². The Labute approximate surface area is 282 Å². The Balaban J connectivity index is 1.57. The topological polar surface area (TPSA) is 100 Å². The zero-order chi connectivity index (χ0) is 35.6. The Morgan fingerprint density at radius 2 is 1.75 bits per heavy atom. The fourth-order valence-corrected chi connectivity index (χ4v) is 6.90. The maximum absolute atomic E-state index is 13.7. The molecule has 2 aromatic rings. The van der Waals surface area contributed by atoms with Crippen LogP contribution >= 0.6 is 0 Å². The number of anilines is 1. The molecule has 11 nitrogen and oxygen atoms in total. The molecule has 1 saturated carbocycles. The summed E-state index contributed by atoms with van der Waals surface area (Å²) < 4.78 is 53.5. The molecule has 268 valence electrons. The third-order valence-electron chi connectivity index (χ3n) is 8.70. The maximum atomic E-state index is 13.7. The predicted molar refractivity (Wildman–Crippen MR) is 181 cm³/mol. The van der Waals surface area contributed by atoms with Crippen molar-refractivity contribution >= 4 is 42.7 Å². The van der Waals surface area contributed by atoms with E-state index in [1.54, 1.807) is 41.1 Å². The zero-order valence-electron chi connectivity index (χ0n) is 29.5. The molecule has 1 aliphatic heterocycles. The number of halogens is 3. The summed E-state index contributed by atoms with van der Waals surface area (Å²) in [7, 11) is 2.03. The first kappa shape index (κ1) is 37.5. The first-order valence-electron chi connectivity index (χ1n) is 16.6. The van der Waals surface area contributed by atoms with E-state index in [0.717, 1.165) is 22.0 Å². The third kappa shape index (κ3) is 9.86. The van der Waals surface area contributed by atoms with E-state index in [-0.39, 0.29) is 43.5 Å². The van der Waals surface area contributed by atoms with Crippen molar-refractivity contribution in [2.45, 2.75) is 96.7 Å². The molecular formula is C33H51F3N6O5Si. The van der Waals surface area contributed by atoms with Crippen LogP contribution in [0.4, 0.5) is 23.7 Å². The van der Waals surface area contributed by atoms with Crippen molar-refractivity contribution in [3.05, 3.63) is 24.0 Å². The minimum Gasteiger partial charge on any atom is -0.444 e. The van der Waals surface area contributed by atoms with Crippen molar-refractivity contribution in [1.82, 2.24) is 24.3 Å². The van der Waals surface area contributed by atoms with Gasteiger partial charge in [-0.1, -0.05) is 19.6 Å². The van der Waals surface area contributed by atoms with Crippen molar-refractivity contribution < 1.29 is 37.0 Å².